The summed E-state index contributed by atoms with van der Waals surface area (Å²) in [6, 6.07) is 13.5. The van der Waals surface area contributed by atoms with E-state index in [-0.39, 0.29) is 27.6 Å². The average Bonchev–Trinajstić information content (AvgIpc) is 2.73. The van der Waals surface area contributed by atoms with Crippen LogP contribution in [0.1, 0.15) is 15.9 Å². The Bertz CT molecular complexity index is 1250. The van der Waals surface area contributed by atoms with Crippen molar-refractivity contribution >= 4 is 38.9 Å². The quantitative estimate of drug-likeness (QED) is 0.489. The van der Waals surface area contributed by atoms with Crippen LogP contribution in [0.5, 0.6) is 5.75 Å². The summed E-state index contributed by atoms with van der Waals surface area (Å²) in [5.41, 5.74) is -0.933. The SMILES string of the molecule is COc1ccc(S(=O)(=O)Nc2cccc(C(F)(F)F)c2)cc1NC(=O)c1ccc(Cl)cc1. The van der Waals surface area contributed by atoms with Gasteiger partial charge in [-0.25, -0.2) is 8.42 Å². The van der Waals surface area contributed by atoms with E-state index in [9.17, 15) is 26.4 Å². The Morgan fingerprint density at radius 2 is 1.69 bits per heavy atom. The van der Waals surface area contributed by atoms with Crippen LogP contribution in [0.3, 0.4) is 0 Å². The lowest BCUT2D eigenvalue weighted by Gasteiger charge is -2.14. The van der Waals surface area contributed by atoms with E-state index in [1.807, 2.05) is 0 Å². The maximum atomic E-state index is 12.9. The van der Waals surface area contributed by atoms with E-state index in [1.165, 1.54) is 49.6 Å². The van der Waals surface area contributed by atoms with Crippen molar-refractivity contribution < 1.29 is 31.1 Å². The van der Waals surface area contributed by atoms with E-state index in [1.54, 1.807) is 0 Å². The Kier molecular flexibility index (Phi) is 6.65. The van der Waals surface area contributed by atoms with Crippen molar-refractivity contribution in [2.24, 2.45) is 0 Å². The highest BCUT2D eigenvalue weighted by atomic mass is 35.5. The lowest BCUT2D eigenvalue weighted by atomic mass is 10.2. The molecule has 0 aliphatic carbocycles. The number of sulfonamides is 1. The number of benzene rings is 3. The van der Waals surface area contributed by atoms with E-state index >= 15 is 0 Å². The van der Waals surface area contributed by atoms with Crippen molar-refractivity contribution in [3.8, 4) is 5.75 Å². The number of rotatable bonds is 6. The van der Waals surface area contributed by atoms with E-state index in [0.29, 0.717) is 11.1 Å². The zero-order valence-corrected chi connectivity index (χ0v) is 18.0. The second kappa shape index (κ2) is 9.09. The molecule has 0 aromatic heterocycles. The van der Waals surface area contributed by atoms with Gasteiger partial charge in [0.25, 0.3) is 15.9 Å². The van der Waals surface area contributed by atoms with Crippen molar-refractivity contribution in [3.63, 3.8) is 0 Å². The fourth-order valence-electron chi connectivity index (χ4n) is 2.72. The summed E-state index contributed by atoms with van der Waals surface area (Å²) in [5, 5.41) is 2.99. The molecule has 0 radical (unpaired) electrons. The topological polar surface area (TPSA) is 84.5 Å². The smallest absolute Gasteiger partial charge is 0.416 e. The number of hydrogen-bond acceptors (Lipinski definition) is 4. The summed E-state index contributed by atoms with van der Waals surface area (Å²) in [6.45, 7) is 0. The highest BCUT2D eigenvalue weighted by Gasteiger charge is 2.30. The molecule has 0 atom stereocenters. The van der Waals surface area contributed by atoms with Gasteiger partial charge in [0, 0.05) is 16.3 Å². The van der Waals surface area contributed by atoms with Crippen LogP contribution in [0.2, 0.25) is 5.02 Å². The minimum absolute atomic E-state index is 0.0550. The van der Waals surface area contributed by atoms with Crippen LogP contribution in [0, 0.1) is 0 Å². The van der Waals surface area contributed by atoms with Gasteiger partial charge in [0.05, 0.1) is 23.3 Å². The molecule has 0 aliphatic rings. The molecule has 168 valence electrons. The van der Waals surface area contributed by atoms with Gasteiger partial charge in [0.15, 0.2) is 0 Å². The minimum Gasteiger partial charge on any atom is -0.495 e. The molecule has 11 heteroatoms. The van der Waals surface area contributed by atoms with Gasteiger partial charge in [0.1, 0.15) is 5.75 Å². The van der Waals surface area contributed by atoms with Crippen LogP contribution in [0.4, 0.5) is 24.5 Å². The fourth-order valence-corrected chi connectivity index (χ4v) is 3.92. The van der Waals surface area contributed by atoms with Crippen LogP contribution in [0.15, 0.2) is 71.6 Å². The number of methoxy groups -OCH3 is 1. The molecular formula is C21H16ClF3N2O4S. The summed E-state index contributed by atoms with van der Waals surface area (Å²) < 4.78 is 71.5. The number of hydrogen-bond donors (Lipinski definition) is 2. The van der Waals surface area contributed by atoms with E-state index in [0.717, 1.165) is 18.2 Å². The molecule has 0 saturated heterocycles. The molecule has 2 N–H and O–H groups in total. The van der Waals surface area contributed by atoms with Gasteiger partial charge < -0.3 is 10.1 Å². The predicted octanol–water partition coefficient (Wildman–Crippen LogP) is 5.42. The lowest BCUT2D eigenvalue weighted by Crippen LogP contribution is -2.16. The van der Waals surface area contributed by atoms with E-state index in [4.69, 9.17) is 16.3 Å². The van der Waals surface area contributed by atoms with Gasteiger partial charge in [-0.3, -0.25) is 9.52 Å². The summed E-state index contributed by atoms with van der Waals surface area (Å²) in [5.74, 6) is -0.356. The third-order valence-corrected chi connectivity index (χ3v) is 5.91. The molecule has 32 heavy (non-hydrogen) atoms. The van der Waals surface area contributed by atoms with Crippen molar-refractivity contribution in [1.29, 1.82) is 0 Å². The van der Waals surface area contributed by atoms with Crippen LogP contribution >= 0.6 is 11.6 Å². The molecule has 0 spiro atoms. The van der Waals surface area contributed by atoms with Gasteiger partial charge >= 0.3 is 6.18 Å². The first-order valence-electron chi connectivity index (χ1n) is 8.94. The molecule has 0 aliphatic heterocycles. The maximum absolute atomic E-state index is 12.9. The highest BCUT2D eigenvalue weighted by Crippen LogP contribution is 2.32. The third kappa shape index (κ3) is 5.51. The summed E-state index contributed by atoms with van der Waals surface area (Å²) in [7, 11) is -2.94. The number of anilines is 2. The molecular weight excluding hydrogens is 469 g/mol. The van der Waals surface area contributed by atoms with E-state index in [2.05, 4.69) is 10.0 Å². The van der Waals surface area contributed by atoms with Crippen molar-refractivity contribution in [2.45, 2.75) is 11.1 Å². The van der Waals surface area contributed by atoms with Gasteiger partial charge in [-0.1, -0.05) is 17.7 Å². The number of carbonyl (C=O) groups excluding carboxylic acids is 1. The molecule has 3 aromatic carbocycles. The number of alkyl halides is 3. The predicted molar refractivity (Wildman–Crippen MR) is 115 cm³/mol. The molecule has 0 heterocycles. The minimum atomic E-state index is -4.62. The van der Waals surface area contributed by atoms with Crippen LogP contribution in [-0.4, -0.2) is 21.4 Å². The zero-order chi connectivity index (χ0) is 23.5. The van der Waals surface area contributed by atoms with Gasteiger partial charge in [-0.2, -0.15) is 13.2 Å². The van der Waals surface area contributed by atoms with Gasteiger partial charge in [-0.05, 0) is 60.7 Å². The monoisotopic (exact) mass is 484 g/mol. The first-order chi connectivity index (χ1) is 15.0. The Balaban J connectivity index is 1.89. The molecule has 1 amide bonds. The van der Waals surface area contributed by atoms with Crippen molar-refractivity contribution in [2.75, 3.05) is 17.1 Å². The van der Waals surface area contributed by atoms with Crippen molar-refractivity contribution in [1.82, 2.24) is 0 Å². The number of carbonyl (C=O) groups is 1. The average molecular weight is 485 g/mol. The van der Waals surface area contributed by atoms with Crippen LogP contribution in [0.25, 0.3) is 0 Å². The first-order valence-corrected chi connectivity index (χ1v) is 10.8. The molecule has 0 unspecified atom stereocenters. The standard InChI is InChI=1S/C21H16ClF3N2O4S/c1-31-19-10-9-17(12-18(19)26-20(28)13-5-7-15(22)8-6-13)32(29,30)27-16-4-2-3-14(11-16)21(23,24)25/h2-12,27H,1H3,(H,26,28). The maximum Gasteiger partial charge on any atom is 0.416 e. The highest BCUT2D eigenvalue weighted by molar-refractivity contribution is 7.92. The molecule has 6 nitrogen and oxygen atoms in total. The number of nitrogens with one attached hydrogen (secondary N) is 2. The second-order valence-electron chi connectivity index (χ2n) is 6.51. The Labute approximate surface area is 187 Å². The normalized spacial score (nSPS) is 11.7. The Morgan fingerprint density at radius 1 is 1.00 bits per heavy atom. The largest absolute Gasteiger partial charge is 0.495 e. The zero-order valence-electron chi connectivity index (χ0n) is 16.4. The fraction of sp³-hybridized carbons (Fsp3) is 0.0952. The second-order valence-corrected chi connectivity index (χ2v) is 8.63. The summed E-state index contributed by atoms with van der Waals surface area (Å²) in [6.07, 6.45) is -4.62. The lowest BCUT2D eigenvalue weighted by molar-refractivity contribution is -0.137. The number of ether oxygens (including phenoxy) is 1. The number of halogens is 4. The number of amides is 1. The van der Waals surface area contributed by atoms with Crippen LogP contribution in [-0.2, 0) is 16.2 Å². The van der Waals surface area contributed by atoms with E-state index < -0.39 is 27.7 Å². The van der Waals surface area contributed by atoms with Gasteiger partial charge in [-0.15, -0.1) is 0 Å². The molecule has 0 saturated carbocycles. The first kappa shape index (κ1) is 23.4. The molecule has 0 fully saturated rings. The Hall–Kier alpha value is -3.24. The van der Waals surface area contributed by atoms with Crippen LogP contribution < -0.4 is 14.8 Å². The van der Waals surface area contributed by atoms with Crippen molar-refractivity contribution in [3.05, 3.63) is 82.9 Å². The third-order valence-electron chi connectivity index (χ3n) is 4.28. The van der Waals surface area contributed by atoms with Gasteiger partial charge in [0.2, 0.25) is 0 Å². The molecule has 3 rings (SSSR count). The Morgan fingerprint density at radius 3 is 2.31 bits per heavy atom. The summed E-state index contributed by atoms with van der Waals surface area (Å²) in [4.78, 5) is 12.2. The molecule has 3 aromatic rings. The molecule has 0 bridgehead atoms. The summed E-state index contributed by atoms with van der Waals surface area (Å²) >= 11 is 5.81.